The summed E-state index contributed by atoms with van der Waals surface area (Å²) in [6.45, 7) is 0.198. The van der Waals surface area contributed by atoms with Gasteiger partial charge in [0.2, 0.25) is 17.7 Å². The van der Waals surface area contributed by atoms with Crippen LogP contribution < -0.4 is 16.4 Å². The van der Waals surface area contributed by atoms with Crippen molar-refractivity contribution in [1.29, 1.82) is 0 Å². The molecule has 1 aliphatic rings. The number of carbonyl (C=O) groups is 6. The third-order valence-electron chi connectivity index (χ3n) is 5.06. The first-order chi connectivity index (χ1) is 15.5. The molecule has 0 aliphatic carbocycles. The second-order valence-corrected chi connectivity index (χ2v) is 8.55. The zero-order valence-corrected chi connectivity index (χ0v) is 19.0. The maximum Gasteiger partial charge on any atom is 0.326 e. The van der Waals surface area contributed by atoms with E-state index in [0.717, 1.165) is 0 Å². The predicted molar refractivity (Wildman–Crippen MR) is 116 cm³/mol. The Morgan fingerprint density at radius 1 is 1.03 bits per heavy atom. The summed E-state index contributed by atoms with van der Waals surface area (Å²) in [4.78, 5) is 72.4. The molecule has 0 bridgehead atoms. The van der Waals surface area contributed by atoms with E-state index in [4.69, 9.17) is 15.9 Å². The Bertz CT molecular complexity index is 764. The van der Waals surface area contributed by atoms with Crippen molar-refractivity contribution in [2.45, 2.75) is 62.7 Å². The summed E-state index contributed by atoms with van der Waals surface area (Å²) in [5.74, 6) is -5.71. The smallest absolute Gasteiger partial charge is 0.326 e. The number of hydrogen-bond acceptors (Lipinski definition) is 8. The Balaban J connectivity index is 2.88. The van der Waals surface area contributed by atoms with Crippen LogP contribution >= 0.6 is 11.8 Å². The lowest BCUT2D eigenvalue weighted by atomic mass is 10.1. The van der Waals surface area contributed by atoms with Gasteiger partial charge in [-0.3, -0.25) is 24.0 Å². The highest BCUT2D eigenvalue weighted by atomic mass is 32.2. The molecule has 7 N–H and O–H groups in total. The zero-order valence-electron chi connectivity index (χ0n) is 18.2. The first-order valence-corrected chi connectivity index (χ1v) is 11.7. The monoisotopic (exact) mass is 490 g/mol. The van der Waals surface area contributed by atoms with E-state index in [1.807, 2.05) is 0 Å². The van der Waals surface area contributed by atoms with Gasteiger partial charge in [-0.05, 0) is 37.7 Å². The van der Waals surface area contributed by atoms with E-state index < -0.39 is 66.2 Å². The average molecular weight is 491 g/mol. The van der Waals surface area contributed by atoms with Crippen LogP contribution in [0, 0.1) is 0 Å². The van der Waals surface area contributed by atoms with Crippen molar-refractivity contribution in [1.82, 2.24) is 15.5 Å². The molecule has 1 aliphatic heterocycles. The Hall–Kier alpha value is -2.87. The van der Waals surface area contributed by atoms with Gasteiger partial charge in [-0.15, -0.1) is 0 Å². The van der Waals surface area contributed by atoms with Gasteiger partial charge < -0.3 is 36.6 Å². The standard InChI is InChI=1S/C19H30N4O9S/c1-33-8-6-11(19(31)32)21-16(28)12(9-15(26)27)22-17(29)13-3-2-7-23(13)18(30)10(20)4-5-14(24)25/h10-13H,2-9,20H2,1H3,(H,21,28)(H,22,29)(H,24,25)(H,26,27)(H,31,32). The van der Waals surface area contributed by atoms with E-state index in [2.05, 4.69) is 10.6 Å². The molecule has 33 heavy (non-hydrogen) atoms. The fourth-order valence-corrected chi connectivity index (χ4v) is 3.81. The van der Waals surface area contributed by atoms with Crippen LogP contribution in [0.5, 0.6) is 0 Å². The number of nitrogens with zero attached hydrogens (tertiary/aromatic N) is 1. The molecule has 1 heterocycles. The number of carboxylic acid groups (broad SMARTS) is 3. The number of aliphatic carboxylic acids is 3. The molecule has 0 saturated carbocycles. The number of hydrogen-bond donors (Lipinski definition) is 6. The van der Waals surface area contributed by atoms with E-state index in [1.54, 1.807) is 6.26 Å². The summed E-state index contributed by atoms with van der Waals surface area (Å²) in [6, 6.07) is -4.94. The molecule has 1 rings (SSSR count). The normalized spacial score (nSPS) is 18.1. The minimum Gasteiger partial charge on any atom is -0.481 e. The van der Waals surface area contributed by atoms with Crippen molar-refractivity contribution in [3.8, 4) is 0 Å². The maximum atomic E-state index is 12.8. The predicted octanol–water partition coefficient (Wildman–Crippen LogP) is -1.55. The topological polar surface area (TPSA) is 216 Å². The Labute approximate surface area is 194 Å². The van der Waals surface area contributed by atoms with Crippen molar-refractivity contribution in [2.24, 2.45) is 5.73 Å². The molecule has 3 amide bonds. The molecule has 1 fully saturated rings. The number of thioether (sulfide) groups is 1. The highest BCUT2D eigenvalue weighted by Gasteiger charge is 2.38. The first-order valence-electron chi connectivity index (χ1n) is 10.3. The van der Waals surface area contributed by atoms with E-state index in [-0.39, 0.29) is 32.2 Å². The van der Waals surface area contributed by atoms with Crippen molar-refractivity contribution in [2.75, 3.05) is 18.6 Å². The number of rotatable bonds is 14. The highest BCUT2D eigenvalue weighted by Crippen LogP contribution is 2.19. The lowest BCUT2D eigenvalue weighted by Crippen LogP contribution is -2.57. The molecule has 0 radical (unpaired) electrons. The summed E-state index contributed by atoms with van der Waals surface area (Å²) in [5.41, 5.74) is 5.76. The molecule has 4 unspecified atom stereocenters. The molecule has 0 aromatic carbocycles. The lowest BCUT2D eigenvalue weighted by Gasteiger charge is -2.28. The van der Waals surface area contributed by atoms with Crippen molar-refractivity contribution in [3.63, 3.8) is 0 Å². The van der Waals surface area contributed by atoms with Crippen LogP contribution in [0.2, 0.25) is 0 Å². The van der Waals surface area contributed by atoms with Gasteiger partial charge in [0.05, 0.1) is 12.5 Å². The summed E-state index contributed by atoms with van der Waals surface area (Å²) in [5, 5.41) is 31.7. The molecule has 0 aromatic rings. The average Bonchev–Trinajstić information content (AvgIpc) is 3.23. The second-order valence-electron chi connectivity index (χ2n) is 7.57. The summed E-state index contributed by atoms with van der Waals surface area (Å²) in [7, 11) is 0. The van der Waals surface area contributed by atoms with Crippen molar-refractivity contribution in [3.05, 3.63) is 0 Å². The quantitative estimate of drug-likeness (QED) is 0.164. The van der Waals surface area contributed by atoms with Gasteiger partial charge in [0.15, 0.2) is 0 Å². The van der Waals surface area contributed by atoms with Crippen LogP contribution in [0.3, 0.4) is 0 Å². The molecule has 4 atom stereocenters. The lowest BCUT2D eigenvalue weighted by molar-refractivity contribution is -0.145. The Morgan fingerprint density at radius 3 is 2.24 bits per heavy atom. The van der Waals surface area contributed by atoms with Gasteiger partial charge in [0, 0.05) is 13.0 Å². The first kappa shape index (κ1) is 28.2. The van der Waals surface area contributed by atoms with E-state index in [1.165, 1.54) is 16.7 Å². The van der Waals surface area contributed by atoms with E-state index >= 15 is 0 Å². The number of amides is 3. The summed E-state index contributed by atoms with van der Waals surface area (Å²) < 4.78 is 0. The molecular weight excluding hydrogens is 460 g/mol. The highest BCUT2D eigenvalue weighted by molar-refractivity contribution is 7.98. The number of carboxylic acids is 3. The summed E-state index contributed by atoms with van der Waals surface area (Å²) >= 11 is 1.37. The van der Waals surface area contributed by atoms with Gasteiger partial charge in [0.25, 0.3) is 0 Å². The molecular formula is C19H30N4O9S. The van der Waals surface area contributed by atoms with Crippen molar-refractivity contribution >= 4 is 47.4 Å². The maximum absolute atomic E-state index is 12.8. The number of nitrogens with two attached hydrogens (primary N) is 1. The van der Waals surface area contributed by atoms with Crippen LogP contribution in [0.15, 0.2) is 0 Å². The van der Waals surface area contributed by atoms with Gasteiger partial charge >= 0.3 is 17.9 Å². The van der Waals surface area contributed by atoms with Crippen LogP contribution in [0.1, 0.15) is 38.5 Å². The van der Waals surface area contributed by atoms with Crippen LogP contribution in [0.25, 0.3) is 0 Å². The third-order valence-corrected chi connectivity index (χ3v) is 5.71. The SMILES string of the molecule is CSCCC(NC(=O)C(CC(=O)O)NC(=O)C1CCCN1C(=O)C(N)CCC(=O)O)C(=O)O. The van der Waals surface area contributed by atoms with Crippen LogP contribution in [0.4, 0.5) is 0 Å². The molecule has 0 spiro atoms. The zero-order chi connectivity index (χ0) is 25.1. The molecule has 1 saturated heterocycles. The van der Waals surface area contributed by atoms with Crippen LogP contribution in [-0.4, -0.2) is 98.6 Å². The third kappa shape index (κ3) is 9.26. The van der Waals surface area contributed by atoms with Crippen LogP contribution in [-0.2, 0) is 28.8 Å². The van der Waals surface area contributed by atoms with Gasteiger partial charge in [0.1, 0.15) is 18.1 Å². The van der Waals surface area contributed by atoms with E-state index in [9.17, 15) is 33.9 Å². The van der Waals surface area contributed by atoms with Gasteiger partial charge in [-0.25, -0.2) is 4.79 Å². The van der Waals surface area contributed by atoms with Crippen molar-refractivity contribution < 1.29 is 44.1 Å². The number of likely N-dealkylation sites (tertiary alicyclic amines) is 1. The largest absolute Gasteiger partial charge is 0.481 e. The fraction of sp³-hybridized carbons (Fsp3) is 0.684. The second kappa shape index (κ2) is 13.6. The molecule has 13 nitrogen and oxygen atoms in total. The summed E-state index contributed by atoms with van der Waals surface area (Å²) in [6.07, 6.45) is 1.35. The Kier molecular flexibility index (Phi) is 11.6. The fourth-order valence-electron chi connectivity index (χ4n) is 3.34. The Morgan fingerprint density at radius 2 is 1.70 bits per heavy atom. The minimum absolute atomic E-state index is 0.106. The van der Waals surface area contributed by atoms with Gasteiger partial charge in [-0.2, -0.15) is 11.8 Å². The molecule has 14 heteroatoms. The number of nitrogens with one attached hydrogen (secondary N) is 2. The van der Waals surface area contributed by atoms with E-state index in [0.29, 0.717) is 12.2 Å². The number of carbonyl (C=O) groups excluding carboxylic acids is 3. The van der Waals surface area contributed by atoms with Gasteiger partial charge in [-0.1, -0.05) is 0 Å². The molecule has 186 valence electrons. The molecule has 0 aromatic heterocycles. The minimum atomic E-state index is -1.55.